The summed E-state index contributed by atoms with van der Waals surface area (Å²) in [7, 11) is 0. The first-order valence-corrected chi connectivity index (χ1v) is 11.5. The summed E-state index contributed by atoms with van der Waals surface area (Å²) in [6.07, 6.45) is 16.9. The summed E-state index contributed by atoms with van der Waals surface area (Å²) < 4.78 is 11.8. The highest BCUT2D eigenvalue weighted by molar-refractivity contribution is 5.03. The van der Waals surface area contributed by atoms with Crippen LogP contribution in [0.1, 0.15) is 84.5 Å². The zero-order chi connectivity index (χ0) is 17.2. The van der Waals surface area contributed by atoms with Crippen molar-refractivity contribution in [3.8, 4) is 0 Å². The summed E-state index contributed by atoms with van der Waals surface area (Å²) in [5, 5.41) is 0. The van der Waals surface area contributed by atoms with Crippen LogP contribution in [0.5, 0.6) is 0 Å². The second-order valence-electron chi connectivity index (χ2n) is 9.65. The zero-order valence-electron chi connectivity index (χ0n) is 16.6. The molecule has 0 radical (unpaired) electrons. The van der Waals surface area contributed by atoms with E-state index in [9.17, 15) is 0 Å². The molecule has 0 heterocycles. The van der Waals surface area contributed by atoms with Gasteiger partial charge in [-0.15, -0.1) is 0 Å². The Labute approximate surface area is 155 Å². The molecule has 4 bridgehead atoms. The molecule has 2 heteroatoms. The third-order valence-electron chi connectivity index (χ3n) is 8.11. The lowest BCUT2D eigenvalue weighted by Crippen LogP contribution is -2.30. The van der Waals surface area contributed by atoms with Crippen molar-refractivity contribution in [2.75, 3.05) is 13.2 Å². The minimum atomic E-state index is 0.647. The van der Waals surface area contributed by atoms with E-state index in [0.717, 1.165) is 48.7 Å². The largest absolute Gasteiger partial charge is 0.378 e. The third-order valence-corrected chi connectivity index (χ3v) is 8.11. The van der Waals surface area contributed by atoms with Gasteiger partial charge in [0.15, 0.2) is 0 Å². The summed E-state index contributed by atoms with van der Waals surface area (Å²) in [6, 6.07) is 0. The summed E-state index contributed by atoms with van der Waals surface area (Å²) in [6.45, 7) is 6.37. The SMILES string of the molecule is CCCOC1CC2CC1C1CCCC21.CCCOC1CC2CCC1C2. The standard InChI is InChI=1S/C13H22O.C10H18O/c1-2-6-14-13-8-9-7-12(13)11-5-3-4-10(9)11;1-2-5-11-10-7-8-3-4-9(10)6-8/h9-13H,2-8H2,1H3;8-10H,2-7H2,1H3. The zero-order valence-corrected chi connectivity index (χ0v) is 16.6. The molecule has 0 aliphatic heterocycles. The van der Waals surface area contributed by atoms with Gasteiger partial charge in [-0.1, -0.05) is 20.3 Å². The predicted octanol–water partition coefficient (Wildman–Crippen LogP) is 5.84. The Morgan fingerprint density at radius 3 is 2.08 bits per heavy atom. The Morgan fingerprint density at radius 2 is 1.40 bits per heavy atom. The van der Waals surface area contributed by atoms with E-state index in [0.29, 0.717) is 12.2 Å². The number of fused-ring (bicyclic) bond motifs is 7. The van der Waals surface area contributed by atoms with E-state index < -0.39 is 0 Å². The van der Waals surface area contributed by atoms with Gasteiger partial charge in [-0.2, -0.15) is 0 Å². The van der Waals surface area contributed by atoms with Crippen LogP contribution in [0, 0.1) is 35.5 Å². The number of hydrogen-bond acceptors (Lipinski definition) is 2. The molecule has 8 atom stereocenters. The Balaban J connectivity index is 0.000000129. The normalized spacial score (nSPS) is 46.3. The van der Waals surface area contributed by atoms with Crippen molar-refractivity contribution in [3.63, 3.8) is 0 Å². The number of rotatable bonds is 6. The van der Waals surface area contributed by atoms with Gasteiger partial charge in [0.05, 0.1) is 12.2 Å². The Hall–Kier alpha value is -0.0800. The van der Waals surface area contributed by atoms with E-state index >= 15 is 0 Å². The van der Waals surface area contributed by atoms with Gasteiger partial charge in [-0.25, -0.2) is 0 Å². The van der Waals surface area contributed by atoms with Crippen molar-refractivity contribution < 1.29 is 9.47 Å². The van der Waals surface area contributed by atoms with E-state index in [1.54, 1.807) is 0 Å². The second kappa shape index (κ2) is 8.30. The average molecular weight is 349 g/mol. The van der Waals surface area contributed by atoms with Crippen LogP contribution in [0.15, 0.2) is 0 Å². The molecule has 0 aromatic rings. The quantitative estimate of drug-likeness (QED) is 0.600. The minimum absolute atomic E-state index is 0.647. The van der Waals surface area contributed by atoms with Gasteiger partial charge in [0, 0.05) is 13.2 Å². The smallest absolute Gasteiger partial charge is 0.0608 e. The minimum Gasteiger partial charge on any atom is -0.378 e. The molecule has 144 valence electrons. The monoisotopic (exact) mass is 348 g/mol. The van der Waals surface area contributed by atoms with Gasteiger partial charge in [0.1, 0.15) is 0 Å². The summed E-state index contributed by atoms with van der Waals surface area (Å²) >= 11 is 0. The second-order valence-corrected chi connectivity index (χ2v) is 9.65. The van der Waals surface area contributed by atoms with Gasteiger partial charge in [-0.3, -0.25) is 0 Å². The molecule has 5 fully saturated rings. The first-order valence-electron chi connectivity index (χ1n) is 11.5. The fraction of sp³-hybridized carbons (Fsp3) is 1.00. The van der Waals surface area contributed by atoms with E-state index in [4.69, 9.17) is 9.47 Å². The molecule has 5 aliphatic rings. The van der Waals surface area contributed by atoms with E-state index in [1.807, 2.05) is 0 Å². The predicted molar refractivity (Wildman–Crippen MR) is 103 cm³/mol. The maximum Gasteiger partial charge on any atom is 0.0608 e. The third kappa shape index (κ3) is 3.81. The van der Waals surface area contributed by atoms with Gasteiger partial charge >= 0.3 is 0 Å². The summed E-state index contributed by atoms with van der Waals surface area (Å²) in [4.78, 5) is 0. The van der Waals surface area contributed by atoms with Crippen LogP contribution >= 0.6 is 0 Å². The molecule has 0 N–H and O–H groups in total. The highest BCUT2D eigenvalue weighted by Gasteiger charge is 2.54. The van der Waals surface area contributed by atoms with Crippen molar-refractivity contribution >= 4 is 0 Å². The molecular formula is C23H40O2. The Kier molecular flexibility index (Phi) is 6.07. The molecule has 25 heavy (non-hydrogen) atoms. The Morgan fingerprint density at radius 1 is 0.640 bits per heavy atom. The summed E-state index contributed by atoms with van der Waals surface area (Å²) in [5.41, 5.74) is 0. The van der Waals surface area contributed by atoms with Crippen LogP contribution in [0.2, 0.25) is 0 Å². The van der Waals surface area contributed by atoms with Gasteiger partial charge in [0.25, 0.3) is 0 Å². The molecule has 0 amide bonds. The molecule has 0 spiro atoms. The lowest BCUT2D eigenvalue weighted by molar-refractivity contribution is -0.00985. The molecule has 5 aliphatic carbocycles. The van der Waals surface area contributed by atoms with Crippen LogP contribution in [-0.4, -0.2) is 25.4 Å². The summed E-state index contributed by atoms with van der Waals surface area (Å²) in [5.74, 6) is 6.15. The van der Waals surface area contributed by atoms with E-state index in [2.05, 4.69) is 13.8 Å². The van der Waals surface area contributed by atoms with Gasteiger partial charge in [0.2, 0.25) is 0 Å². The molecule has 5 saturated carbocycles. The molecule has 2 nitrogen and oxygen atoms in total. The average Bonchev–Trinajstić information content (AvgIpc) is 3.42. The fourth-order valence-electron chi connectivity index (χ4n) is 7.13. The highest BCUT2D eigenvalue weighted by Crippen LogP contribution is 2.59. The maximum absolute atomic E-state index is 5.99. The first-order chi connectivity index (χ1) is 12.3. The topological polar surface area (TPSA) is 18.5 Å². The van der Waals surface area contributed by atoms with E-state index in [1.165, 1.54) is 70.6 Å². The molecule has 8 unspecified atom stereocenters. The van der Waals surface area contributed by atoms with Crippen LogP contribution in [0.4, 0.5) is 0 Å². The molecule has 5 rings (SSSR count). The molecule has 0 aromatic carbocycles. The van der Waals surface area contributed by atoms with Gasteiger partial charge in [-0.05, 0) is 99.7 Å². The highest BCUT2D eigenvalue weighted by atomic mass is 16.5. The van der Waals surface area contributed by atoms with Crippen molar-refractivity contribution in [1.82, 2.24) is 0 Å². The van der Waals surface area contributed by atoms with Crippen LogP contribution in [-0.2, 0) is 9.47 Å². The van der Waals surface area contributed by atoms with Crippen molar-refractivity contribution in [2.45, 2.75) is 96.7 Å². The first kappa shape index (κ1) is 18.3. The molecular weight excluding hydrogens is 308 g/mol. The molecule has 0 saturated heterocycles. The van der Waals surface area contributed by atoms with Crippen LogP contribution < -0.4 is 0 Å². The lowest BCUT2D eigenvalue weighted by atomic mass is 9.80. The van der Waals surface area contributed by atoms with Crippen molar-refractivity contribution in [1.29, 1.82) is 0 Å². The van der Waals surface area contributed by atoms with Crippen molar-refractivity contribution in [2.24, 2.45) is 35.5 Å². The Bertz CT molecular complexity index is 422. The van der Waals surface area contributed by atoms with E-state index in [-0.39, 0.29) is 0 Å². The lowest BCUT2D eigenvalue weighted by Gasteiger charge is -2.31. The van der Waals surface area contributed by atoms with Gasteiger partial charge < -0.3 is 9.47 Å². The number of ether oxygens (including phenoxy) is 2. The molecule has 0 aromatic heterocycles. The maximum atomic E-state index is 5.99. The van der Waals surface area contributed by atoms with Crippen molar-refractivity contribution in [3.05, 3.63) is 0 Å². The van der Waals surface area contributed by atoms with Crippen LogP contribution in [0.3, 0.4) is 0 Å². The number of hydrogen-bond donors (Lipinski definition) is 0. The van der Waals surface area contributed by atoms with Crippen LogP contribution in [0.25, 0.3) is 0 Å². The fourth-order valence-corrected chi connectivity index (χ4v) is 7.13.